The van der Waals surface area contributed by atoms with Crippen molar-refractivity contribution in [3.63, 3.8) is 0 Å². The first kappa shape index (κ1) is 12.7. The van der Waals surface area contributed by atoms with E-state index in [9.17, 15) is 0 Å². The zero-order valence-electron chi connectivity index (χ0n) is 12.1. The molecule has 0 aliphatic heterocycles. The molecule has 5 rings (SSSR count). The van der Waals surface area contributed by atoms with Gasteiger partial charge in [-0.3, -0.25) is 4.98 Å². The van der Waals surface area contributed by atoms with E-state index in [1.807, 2.05) is 30.5 Å². The average Bonchev–Trinajstić information content (AvgIpc) is 2.99. The van der Waals surface area contributed by atoms with Gasteiger partial charge in [-0.25, -0.2) is 9.97 Å². The molecule has 0 aliphatic carbocycles. The van der Waals surface area contributed by atoms with Crippen LogP contribution in [0.2, 0.25) is 0 Å². The van der Waals surface area contributed by atoms with E-state index in [1.165, 1.54) is 20.2 Å². The fourth-order valence-electron chi connectivity index (χ4n) is 2.96. The Labute approximate surface area is 136 Å². The van der Waals surface area contributed by atoms with E-state index in [1.54, 1.807) is 17.7 Å². The number of fused-ring (bicyclic) bond motifs is 4. The van der Waals surface area contributed by atoms with E-state index < -0.39 is 0 Å². The summed E-state index contributed by atoms with van der Waals surface area (Å²) >= 11 is 1.79. The number of benzene rings is 2. The number of hydrogen-bond acceptors (Lipinski definition) is 4. The summed E-state index contributed by atoms with van der Waals surface area (Å²) in [5.74, 6) is 0. The molecule has 108 valence electrons. The third kappa shape index (κ3) is 1.92. The summed E-state index contributed by atoms with van der Waals surface area (Å²) in [5.41, 5.74) is 2.72. The van der Waals surface area contributed by atoms with Crippen LogP contribution in [0.1, 0.15) is 0 Å². The first-order valence-electron chi connectivity index (χ1n) is 7.37. The van der Waals surface area contributed by atoms with E-state index in [0.717, 1.165) is 22.3 Å². The summed E-state index contributed by atoms with van der Waals surface area (Å²) in [6, 6.07) is 18.6. The van der Waals surface area contributed by atoms with Crippen LogP contribution in [0.15, 0.2) is 67.1 Å². The van der Waals surface area contributed by atoms with Crippen molar-refractivity contribution >= 4 is 42.4 Å². The highest BCUT2D eigenvalue weighted by atomic mass is 32.1. The Bertz CT molecular complexity index is 1170. The molecule has 0 atom stereocenters. The maximum Gasteiger partial charge on any atom is 0.116 e. The zero-order chi connectivity index (χ0) is 15.2. The summed E-state index contributed by atoms with van der Waals surface area (Å²) in [5, 5.41) is 3.50. The predicted octanol–water partition coefficient (Wildman–Crippen LogP) is 5.06. The maximum atomic E-state index is 4.67. The lowest BCUT2D eigenvalue weighted by molar-refractivity contribution is 1.20. The van der Waals surface area contributed by atoms with Gasteiger partial charge in [0.25, 0.3) is 0 Å². The minimum absolute atomic E-state index is 0.884. The van der Waals surface area contributed by atoms with Crippen molar-refractivity contribution in [1.82, 2.24) is 15.0 Å². The highest BCUT2D eigenvalue weighted by Crippen LogP contribution is 2.35. The van der Waals surface area contributed by atoms with E-state index in [-0.39, 0.29) is 0 Å². The lowest BCUT2D eigenvalue weighted by atomic mass is 10.1. The Morgan fingerprint density at radius 2 is 1.52 bits per heavy atom. The molecule has 0 saturated heterocycles. The van der Waals surface area contributed by atoms with Gasteiger partial charge in [0.2, 0.25) is 0 Å². The Hall–Kier alpha value is -2.85. The van der Waals surface area contributed by atoms with E-state index in [2.05, 4.69) is 45.3 Å². The molecular formula is C19H11N3S. The third-order valence-electron chi connectivity index (χ3n) is 4.05. The van der Waals surface area contributed by atoms with Crippen LogP contribution in [0.25, 0.3) is 42.5 Å². The molecule has 3 nitrogen and oxygen atoms in total. The fourth-order valence-corrected chi connectivity index (χ4v) is 4.07. The van der Waals surface area contributed by atoms with Crippen LogP contribution in [0, 0.1) is 0 Å². The topological polar surface area (TPSA) is 38.7 Å². The van der Waals surface area contributed by atoms with Gasteiger partial charge in [-0.1, -0.05) is 36.4 Å². The second-order valence-electron chi connectivity index (χ2n) is 5.40. The van der Waals surface area contributed by atoms with Crippen molar-refractivity contribution in [2.45, 2.75) is 0 Å². The third-order valence-corrected chi connectivity index (χ3v) is 5.18. The van der Waals surface area contributed by atoms with E-state index >= 15 is 0 Å². The number of thiophene rings is 1. The van der Waals surface area contributed by atoms with Gasteiger partial charge in [-0.15, -0.1) is 11.3 Å². The van der Waals surface area contributed by atoms with Gasteiger partial charge >= 0.3 is 0 Å². The quantitative estimate of drug-likeness (QED) is 0.434. The van der Waals surface area contributed by atoms with Crippen LogP contribution >= 0.6 is 11.3 Å². The molecule has 0 radical (unpaired) electrons. The van der Waals surface area contributed by atoms with Crippen LogP contribution in [0.4, 0.5) is 0 Å². The Morgan fingerprint density at radius 3 is 2.48 bits per heavy atom. The van der Waals surface area contributed by atoms with Crippen molar-refractivity contribution in [2.75, 3.05) is 0 Å². The molecule has 0 saturated carbocycles. The molecule has 0 amide bonds. The molecule has 3 aromatic heterocycles. The van der Waals surface area contributed by atoms with Gasteiger partial charge in [-0.2, -0.15) is 0 Å². The van der Waals surface area contributed by atoms with Gasteiger partial charge in [0.1, 0.15) is 6.33 Å². The molecule has 0 N–H and O–H groups in total. The number of pyridine rings is 1. The summed E-state index contributed by atoms with van der Waals surface area (Å²) in [4.78, 5) is 13.5. The van der Waals surface area contributed by atoms with Crippen LogP contribution in [-0.2, 0) is 0 Å². The molecule has 0 spiro atoms. The Morgan fingerprint density at radius 1 is 0.696 bits per heavy atom. The molecule has 0 aliphatic rings. The first-order chi connectivity index (χ1) is 11.4. The fraction of sp³-hybridized carbons (Fsp3) is 0. The number of hydrogen-bond donors (Lipinski definition) is 0. The molecule has 5 aromatic rings. The van der Waals surface area contributed by atoms with Crippen molar-refractivity contribution < 1.29 is 0 Å². The minimum Gasteiger partial charge on any atom is -0.254 e. The summed E-state index contributed by atoms with van der Waals surface area (Å²) < 4.78 is 2.52. The number of rotatable bonds is 1. The molecule has 0 unspecified atom stereocenters. The SMILES string of the molecule is c1ccc2c(-c3cc4sc5ccccc5c4cn3)ncnc2c1. The predicted molar refractivity (Wildman–Crippen MR) is 95.7 cm³/mol. The largest absolute Gasteiger partial charge is 0.254 e. The Kier molecular flexibility index (Phi) is 2.66. The van der Waals surface area contributed by atoms with Gasteiger partial charge in [0.05, 0.1) is 16.9 Å². The molecular weight excluding hydrogens is 302 g/mol. The molecule has 23 heavy (non-hydrogen) atoms. The second-order valence-corrected chi connectivity index (χ2v) is 6.49. The lowest BCUT2D eigenvalue weighted by Crippen LogP contribution is -1.90. The van der Waals surface area contributed by atoms with Gasteiger partial charge < -0.3 is 0 Å². The zero-order valence-corrected chi connectivity index (χ0v) is 12.9. The van der Waals surface area contributed by atoms with Crippen LogP contribution in [-0.4, -0.2) is 15.0 Å². The second kappa shape index (κ2) is 4.83. The van der Waals surface area contributed by atoms with Crippen molar-refractivity contribution in [1.29, 1.82) is 0 Å². The van der Waals surface area contributed by atoms with Crippen LogP contribution in [0.3, 0.4) is 0 Å². The van der Waals surface area contributed by atoms with Crippen LogP contribution < -0.4 is 0 Å². The molecule has 3 heterocycles. The van der Waals surface area contributed by atoms with Crippen molar-refractivity contribution in [3.05, 3.63) is 67.1 Å². The smallest absolute Gasteiger partial charge is 0.116 e. The number of nitrogens with zero attached hydrogens (tertiary/aromatic N) is 3. The normalized spacial score (nSPS) is 11.5. The molecule has 2 aromatic carbocycles. The van der Waals surface area contributed by atoms with Crippen molar-refractivity contribution in [2.24, 2.45) is 0 Å². The molecule has 4 heteroatoms. The summed E-state index contributed by atoms with van der Waals surface area (Å²) in [6.45, 7) is 0. The maximum absolute atomic E-state index is 4.67. The highest BCUT2D eigenvalue weighted by molar-refractivity contribution is 7.25. The summed E-state index contributed by atoms with van der Waals surface area (Å²) in [7, 11) is 0. The minimum atomic E-state index is 0.884. The van der Waals surface area contributed by atoms with Gasteiger partial charge in [-0.05, 0) is 18.2 Å². The standard InChI is InChI=1S/C19H11N3S/c1-3-7-15-13(6-1)19(22-11-21-15)16-9-18-14(10-20-16)12-5-2-4-8-17(12)23-18/h1-11H. The van der Waals surface area contributed by atoms with Crippen LogP contribution in [0.5, 0.6) is 0 Å². The molecule has 0 bridgehead atoms. The number of para-hydroxylation sites is 1. The lowest BCUT2D eigenvalue weighted by Gasteiger charge is -2.04. The number of aromatic nitrogens is 3. The van der Waals surface area contributed by atoms with Gasteiger partial charge in [0.15, 0.2) is 0 Å². The highest BCUT2D eigenvalue weighted by Gasteiger charge is 2.10. The monoisotopic (exact) mass is 313 g/mol. The molecule has 0 fully saturated rings. The Balaban J connectivity index is 1.81. The average molecular weight is 313 g/mol. The first-order valence-corrected chi connectivity index (χ1v) is 8.19. The van der Waals surface area contributed by atoms with Crippen molar-refractivity contribution in [3.8, 4) is 11.4 Å². The van der Waals surface area contributed by atoms with E-state index in [0.29, 0.717) is 0 Å². The summed E-state index contributed by atoms with van der Waals surface area (Å²) in [6.07, 6.45) is 3.56. The van der Waals surface area contributed by atoms with E-state index in [4.69, 9.17) is 0 Å². The van der Waals surface area contributed by atoms with Gasteiger partial charge in [0, 0.05) is 31.8 Å².